The second-order valence-electron chi connectivity index (χ2n) is 2.36. The van der Waals surface area contributed by atoms with Crippen LogP contribution in [0, 0.1) is 0 Å². The van der Waals surface area contributed by atoms with Gasteiger partial charge in [-0.05, 0) is 27.1 Å². The monoisotopic (exact) mass is 198 g/mol. The third-order valence-corrected chi connectivity index (χ3v) is 2.39. The van der Waals surface area contributed by atoms with Gasteiger partial charge in [-0.1, -0.05) is 0 Å². The molecule has 1 aliphatic heterocycles. The molecule has 3 heteroatoms. The number of hydrogen-bond donors (Lipinski definition) is 1. The van der Waals surface area contributed by atoms with Crippen LogP contribution in [0.1, 0.15) is 11.1 Å². The van der Waals surface area contributed by atoms with E-state index in [0.717, 1.165) is 17.6 Å². The number of nitrogens with zero attached hydrogens (tertiary/aromatic N) is 1. The highest BCUT2D eigenvalue weighted by molar-refractivity contribution is 9.10. The molecule has 0 aromatic carbocycles. The van der Waals surface area contributed by atoms with Gasteiger partial charge in [-0.3, -0.25) is 4.98 Å². The maximum absolute atomic E-state index is 4.07. The van der Waals surface area contributed by atoms with Crippen molar-refractivity contribution in [1.82, 2.24) is 10.3 Å². The standard InChI is InChI=1S/C7H7BrN2/c8-7-4-10-2-5-1-9-3-6(5)7/h2,4,9H,1,3H2. The van der Waals surface area contributed by atoms with Gasteiger partial charge in [0.05, 0.1) is 0 Å². The second-order valence-corrected chi connectivity index (χ2v) is 3.22. The quantitative estimate of drug-likeness (QED) is 0.683. The van der Waals surface area contributed by atoms with Crippen molar-refractivity contribution in [2.75, 3.05) is 0 Å². The van der Waals surface area contributed by atoms with Gasteiger partial charge in [-0.25, -0.2) is 0 Å². The van der Waals surface area contributed by atoms with Crippen LogP contribution in [-0.4, -0.2) is 4.98 Å². The Hall–Kier alpha value is -0.410. The van der Waals surface area contributed by atoms with Crippen LogP contribution in [0.4, 0.5) is 0 Å². The molecule has 1 aromatic rings. The molecular weight excluding hydrogens is 192 g/mol. The molecular formula is C7H7BrN2. The lowest BCUT2D eigenvalue weighted by Gasteiger charge is -1.97. The number of hydrogen-bond acceptors (Lipinski definition) is 2. The van der Waals surface area contributed by atoms with E-state index in [1.54, 1.807) is 0 Å². The molecule has 0 radical (unpaired) electrons. The van der Waals surface area contributed by atoms with E-state index in [-0.39, 0.29) is 0 Å². The number of halogens is 1. The molecule has 0 spiro atoms. The molecule has 0 atom stereocenters. The Labute approximate surface area is 67.8 Å². The minimum Gasteiger partial charge on any atom is -0.308 e. The fourth-order valence-corrected chi connectivity index (χ4v) is 1.69. The molecule has 0 fully saturated rings. The Morgan fingerprint density at radius 2 is 2.30 bits per heavy atom. The molecule has 0 saturated carbocycles. The zero-order chi connectivity index (χ0) is 6.97. The highest BCUT2D eigenvalue weighted by atomic mass is 79.9. The van der Waals surface area contributed by atoms with Gasteiger partial charge in [0.2, 0.25) is 0 Å². The molecule has 1 aromatic heterocycles. The summed E-state index contributed by atoms with van der Waals surface area (Å²) >= 11 is 3.44. The lowest BCUT2D eigenvalue weighted by Crippen LogP contribution is -2.00. The minimum absolute atomic E-state index is 0.960. The van der Waals surface area contributed by atoms with Crippen LogP contribution in [0.25, 0.3) is 0 Å². The fourth-order valence-electron chi connectivity index (χ4n) is 1.17. The molecule has 2 rings (SSSR count). The summed E-state index contributed by atoms with van der Waals surface area (Å²) in [7, 11) is 0. The van der Waals surface area contributed by atoms with Crippen LogP contribution < -0.4 is 5.32 Å². The van der Waals surface area contributed by atoms with E-state index in [1.807, 2.05) is 12.4 Å². The molecule has 0 saturated heterocycles. The lowest BCUT2D eigenvalue weighted by atomic mass is 10.2. The van der Waals surface area contributed by atoms with Crippen LogP contribution in [0.2, 0.25) is 0 Å². The van der Waals surface area contributed by atoms with Gasteiger partial charge in [0.1, 0.15) is 0 Å². The Bertz CT molecular complexity index is 260. The lowest BCUT2D eigenvalue weighted by molar-refractivity contribution is 0.763. The SMILES string of the molecule is Brc1cncc2c1CNC2. The van der Waals surface area contributed by atoms with Crippen molar-refractivity contribution in [3.63, 3.8) is 0 Å². The molecule has 1 aliphatic rings. The van der Waals surface area contributed by atoms with Gasteiger partial charge >= 0.3 is 0 Å². The largest absolute Gasteiger partial charge is 0.308 e. The Morgan fingerprint density at radius 3 is 3.10 bits per heavy atom. The van der Waals surface area contributed by atoms with Gasteiger partial charge in [0.15, 0.2) is 0 Å². The second kappa shape index (κ2) is 2.32. The summed E-state index contributed by atoms with van der Waals surface area (Å²) in [4.78, 5) is 4.07. The van der Waals surface area contributed by atoms with E-state index < -0.39 is 0 Å². The van der Waals surface area contributed by atoms with E-state index in [1.165, 1.54) is 11.1 Å². The number of pyridine rings is 1. The Morgan fingerprint density at radius 1 is 1.40 bits per heavy atom. The van der Waals surface area contributed by atoms with Crippen molar-refractivity contribution in [1.29, 1.82) is 0 Å². The molecule has 0 amide bonds. The first kappa shape index (κ1) is 6.31. The van der Waals surface area contributed by atoms with Gasteiger partial charge in [0, 0.05) is 30.0 Å². The zero-order valence-corrected chi connectivity index (χ0v) is 6.98. The molecule has 2 heterocycles. The number of aromatic nitrogens is 1. The summed E-state index contributed by atoms with van der Waals surface area (Å²) in [5.74, 6) is 0. The highest BCUT2D eigenvalue weighted by Gasteiger charge is 2.11. The highest BCUT2D eigenvalue weighted by Crippen LogP contribution is 2.22. The summed E-state index contributed by atoms with van der Waals surface area (Å²) in [5, 5.41) is 3.26. The summed E-state index contributed by atoms with van der Waals surface area (Å²) < 4.78 is 1.12. The van der Waals surface area contributed by atoms with Crippen molar-refractivity contribution in [2.24, 2.45) is 0 Å². The van der Waals surface area contributed by atoms with Crippen LogP contribution in [0.15, 0.2) is 16.9 Å². The summed E-state index contributed by atoms with van der Waals surface area (Å²) in [6.45, 7) is 1.93. The van der Waals surface area contributed by atoms with Crippen LogP contribution in [0.3, 0.4) is 0 Å². The first-order valence-corrected chi connectivity index (χ1v) is 3.99. The zero-order valence-electron chi connectivity index (χ0n) is 5.39. The van der Waals surface area contributed by atoms with E-state index in [4.69, 9.17) is 0 Å². The van der Waals surface area contributed by atoms with Crippen molar-refractivity contribution < 1.29 is 0 Å². The average molecular weight is 199 g/mol. The third-order valence-electron chi connectivity index (χ3n) is 1.71. The molecule has 2 nitrogen and oxygen atoms in total. The number of fused-ring (bicyclic) bond motifs is 1. The number of nitrogens with one attached hydrogen (secondary N) is 1. The predicted octanol–water partition coefficient (Wildman–Crippen LogP) is 1.45. The van der Waals surface area contributed by atoms with E-state index in [2.05, 4.69) is 26.2 Å². The van der Waals surface area contributed by atoms with Crippen LogP contribution in [-0.2, 0) is 13.1 Å². The van der Waals surface area contributed by atoms with Crippen molar-refractivity contribution in [3.05, 3.63) is 28.0 Å². The van der Waals surface area contributed by atoms with Crippen LogP contribution >= 0.6 is 15.9 Å². The van der Waals surface area contributed by atoms with E-state index in [0.29, 0.717) is 0 Å². The Balaban J connectivity index is 2.59. The normalized spacial score (nSPS) is 15.3. The Kier molecular flexibility index (Phi) is 1.47. The minimum atomic E-state index is 0.960. The maximum atomic E-state index is 4.07. The smallest absolute Gasteiger partial charge is 0.0413 e. The van der Waals surface area contributed by atoms with Crippen molar-refractivity contribution in [2.45, 2.75) is 13.1 Å². The van der Waals surface area contributed by atoms with Crippen molar-refractivity contribution >= 4 is 15.9 Å². The molecule has 0 aliphatic carbocycles. The molecule has 0 unspecified atom stereocenters. The molecule has 0 bridgehead atoms. The topological polar surface area (TPSA) is 24.9 Å². The van der Waals surface area contributed by atoms with E-state index in [9.17, 15) is 0 Å². The van der Waals surface area contributed by atoms with E-state index >= 15 is 0 Å². The summed E-state index contributed by atoms with van der Waals surface area (Å²) in [6.07, 6.45) is 3.76. The maximum Gasteiger partial charge on any atom is 0.0413 e. The summed E-state index contributed by atoms with van der Waals surface area (Å²) in [6, 6.07) is 0. The fraction of sp³-hybridized carbons (Fsp3) is 0.286. The predicted molar refractivity (Wildman–Crippen MR) is 42.5 cm³/mol. The molecule has 52 valence electrons. The first-order chi connectivity index (χ1) is 4.88. The van der Waals surface area contributed by atoms with Gasteiger partial charge < -0.3 is 5.32 Å². The first-order valence-electron chi connectivity index (χ1n) is 3.20. The average Bonchev–Trinajstić information content (AvgIpc) is 2.36. The van der Waals surface area contributed by atoms with Crippen LogP contribution in [0.5, 0.6) is 0 Å². The van der Waals surface area contributed by atoms with Gasteiger partial charge in [-0.15, -0.1) is 0 Å². The van der Waals surface area contributed by atoms with Gasteiger partial charge in [0.25, 0.3) is 0 Å². The van der Waals surface area contributed by atoms with Crippen molar-refractivity contribution in [3.8, 4) is 0 Å². The summed E-state index contributed by atoms with van der Waals surface area (Å²) in [5.41, 5.74) is 2.67. The molecule has 10 heavy (non-hydrogen) atoms. The number of rotatable bonds is 0. The third kappa shape index (κ3) is 0.859. The molecule has 1 N–H and O–H groups in total. The van der Waals surface area contributed by atoms with Gasteiger partial charge in [-0.2, -0.15) is 0 Å².